The molecule has 6 heteroatoms. The summed E-state index contributed by atoms with van der Waals surface area (Å²) in [4.78, 5) is 0. The first-order chi connectivity index (χ1) is 7.26. The minimum Gasteiger partial charge on any atom is -0.394 e. The fourth-order valence-corrected chi connectivity index (χ4v) is 1.48. The quantitative estimate of drug-likeness (QED) is 0.699. The minimum atomic E-state index is -0.831. The smallest absolute Gasteiger partial charge is 0.153 e. The van der Waals surface area contributed by atoms with Crippen LogP contribution >= 0.6 is 0 Å². The highest BCUT2D eigenvalue weighted by atomic mass is 16.3. The number of aliphatic hydroxyl groups is 2. The van der Waals surface area contributed by atoms with Crippen LogP contribution in [0.1, 0.15) is 5.56 Å². The molecule has 0 aliphatic heterocycles. The average molecular weight is 206 g/mol. The van der Waals surface area contributed by atoms with Gasteiger partial charge in [-0.1, -0.05) is 0 Å². The summed E-state index contributed by atoms with van der Waals surface area (Å²) in [5, 5.41) is 30.8. The molecule has 0 aliphatic carbocycles. The van der Waals surface area contributed by atoms with Gasteiger partial charge in [0.25, 0.3) is 0 Å². The first kappa shape index (κ1) is 9.71. The van der Waals surface area contributed by atoms with E-state index in [1.807, 2.05) is 6.07 Å². The first-order valence-electron chi connectivity index (χ1n) is 4.47. The van der Waals surface area contributed by atoms with E-state index in [9.17, 15) is 5.11 Å². The summed E-state index contributed by atoms with van der Waals surface area (Å²) < 4.78 is 3.25. The molecule has 1 atom stereocenters. The van der Waals surface area contributed by atoms with Crippen LogP contribution in [0.5, 0.6) is 0 Å². The standard InChI is InChI=1S/C9H10N4O2/c10-3-7-4-11-13-2-1-12(9(7)13)5-8(15)6-14/h1-2,4,8,14-15H,5-6H2. The van der Waals surface area contributed by atoms with Crippen molar-refractivity contribution in [2.45, 2.75) is 12.6 Å². The molecular weight excluding hydrogens is 196 g/mol. The Kier molecular flexibility index (Phi) is 2.41. The van der Waals surface area contributed by atoms with Crippen LogP contribution in [0, 0.1) is 11.3 Å². The van der Waals surface area contributed by atoms with Gasteiger partial charge in [-0.25, -0.2) is 4.52 Å². The van der Waals surface area contributed by atoms with Crippen molar-refractivity contribution in [3.8, 4) is 6.07 Å². The van der Waals surface area contributed by atoms with Gasteiger partial charge in [-0.2, -0.15) is 10.4 Å². The number of imidazole rings is 1. The topological polar surface area (TPSA) is 86.5 Å². The van der Waals surface area contributed by atoms with Crippen molar-refractivity contribution >= 4 is 5.65 Å². The highest BCUT2D eigenvalue weighted by Crippen LogP contribution is 2.11. The van der Waals surface area contributed by atoms with E-state index < -0.39 is 6.10 Å². The molecule has 15 heavy (non-hydrogen) atoms. The molecule has 78 valence electrons. The van der Waals surface area contributed by atoms with Crippen molar-refractivity contribution in [2.24, 2.45) is 0 Å². The van der Waals surface area contributed by atoms with Gasteiger partial charge in [-0.05, 0) is 0 Å². The Morgan fingerprint density at radius 3 is 3.00 bits per heavy atom. The number of nitriles is 1. The molecule has 0 fully saturated rings. The van der Waals surface area contributed by atoms with Crippen molar-refractivity contribution in [2.75, 3.05) is 6.61 Å². The Hall–Kier alpha value is -1.84. The molecule has 0 aliphatic rings. The number of fused-ring (bicyclic) bond motifs is 1. The van der Waals surface area contributed by atoms with Crippen LogP contribution in [0.25, 0.3) is 5.65 Å². The lowest BCUT2D eigenvalue weighted by atomic mass is 10.3. The molecule has 0 radical (unpaired) electrons. The van der Waals surface area contributed by atoms with E-state index in [-0.39, 0.29) is 13.2 Å². The second kappa shape index (κ2) is 3.73. The predicted molar refractivity (Wildman–Crippen MR) is 51.0 cm³/mol. The van der Waals surface area contributed by atoms with Crippen molar-refractivity contribution < 1.29 is 10.2 Å². The summed E-state index contributed by atoms with van der Waals surface area (Å²) in [6.45, 7) is -0.0618. The zero-order chi connectivity index (χ0) is 10.8. The average Bonchev–Trinajstić information content (AvgIpc) is 2.80. The zero-order valence-corrected chi connectivity index (χ0v) is 7.91. The van der Waals surface area contributed by atoms with Gasteiger partial charge in [-0.15, -0.1) is 0 Å². The van der Waals surface area contributed by atoms with Gasteiger partial charge in [-0.3, -0.25) is 0 Å². The summed E-state index contributed by atoms with van der Waals surface area (Å²) in [5.41, 5.74) is 1.08. The van der Waals surface area contributed by atoms with Crippen LogP contribution in [0.2, 0.25) is 0 Å². The highest BCUT2D eigenvalue weighted by molar-refractivity contribution is 5.54. The Labute approximate surface area is 85.6 Å². The van der Waals surface area contributed by atoms with Crippen LogP contribution in [-0.4, -0.2) is 37.1 Å². The Morgan fingerprint density at radius 1 is 1.53 bits per heavy atom. The van der Waals surface area contributed by atoms with Crippen LogP contribution < -0.4 is 0 Å². The number of hydrogen-bond donors (Lipinski definition) is 2. The maximum atomic E-state index is 9.31. The molecule has 2 aromatic heterocycles. The van der Waals surface area contributed by atoms with Crippen molar-refractivity contribution in [3.05, 3.63) is 24.2 Å². The molecule has 2 rings (SSSR count). The Bertz CT molecular complexity index is 508. The number of nitrogens with zero attached hydrogens (tertiary/aromatic N) is 4. The van der Waals surface area contributed by atoms with E-state index >= 15 is 0 Å². The summed E-state index contributed by atoms with van der Waals surface area (Å²) in [7, 11) is 0. The van der Waals surface area contributed by atoms with E-state index in [0.29, 0.717) is 11.2 Å². The van der Waals surface area contributed by atoms with Gasteiger partial charge in [0, 0.05) is 12.4 Å². The normalized spacial score (nSPS) is 12.9. The fourth-order valence-electron chi connectivity index (χ4n) is 1.48. The van der Waals surface area contributed by atoms with E-state index in [1.165, 1.54) is 6.20 Å². The van der Waals surface area contributed by atoms with Gasteiger partial charge in [0.15, 0.2) is 5.65 Å². The van der Waals surface area contributed by atoms with Crippen molar-refractivity contribution in [3.63, 3.8) is 0 Å². The minimum absolute atomic E-state index is 0.243. The number of aromatic nitrogens is 3. The maximum absolute atomic E-state index is 9.31. The van der Waals surface area contributed by atoms with Crippen LogP contribution in [0.3, 0.4) is 0 Å². The van der Waals surface area contributed by atoms with E-state index in [2.05, 4.69) is 5.10 Å². The van der Waals surface area contributed by atoms with E-state index in [0.717, 1.165) is 0 Å². The van der Waals surface area contributed by atoms with E-state index in [1.54, 1.807) is 21.5 Å². The predicted octanol–water partition coefficient (Wildman–Crippen LogP) is -0.639. The van der Waals surface area contributed by atoms with Gasteiger partial charge < -0.3 is 14.8 Å². The molecule has 2 heterocycles. The third-order valence-electron chi connectivity index (χ3n) is 2.17. The van der Waals surface area contributed by atoms with Crippen LogP contribution in [0.4, 0.5) is 0 Å². The lowest BCUT2D eigenvalue weighted by molar-refractivity contribution is 0.0821. The number of rotatable bonds is 3. The SMILES string of the molecule is N#Cc1cnn2ccn(CC(O)CO)c12. The lowest BCUT2D eigenvalue weighted by Gasteiger charge is -2.08. The summed E-state index contributed by atoms with van der Waals surface area (Å²) in [6, 6.07) is 2.02. The second-order valence-corrected chi connectivity index (χ2v) is 3.23. The molecule has 0 spiro atoms. The summed E-state index contributed by atoms with van der Waals surface area (Å²) in [5.74, 6) is 0. The second-order valence-electron chi connectivity index (χ2n) is 3.23. The molecule has 0 saturated heterocycles. The van der Waals surface area contributed by atoms with Gasteiger partial charge in [0.1, 0.15) is 11.6 Å². The largest absolute Gasteiger partial charge is 0.394 e. The van der Waals surface area contributed by atoms with Gasteiger partial charge in [0.2, 0.25) is 0 Å². The molecule has 0 aromatic carbocycles. The Balaban J connectivity index is 2.43. The van der Waals surface area contributed by atoms with Crippen molar-refractivity contribution in [1.82, 2.24) is 14.2 Å². The lowest BCUT2D eigenvalue weighted by Crippen LogP contribution is -2.19. The first-order valence-corrected chi connectivity index (χ1v) is 4.47. The molecule has 0 amide bonds. The molecule has 1 unspecified atom stereocenters. The van der Waals surface area contributed by atoms with E-state index in [4.69, 9.17) is 10.4 Å². The van der Waals surface area contributed by atoms with Crippen LogP contribution in [0.15, 0.2) is 18.6 Å². The van der Waals surface area contributed by atoms with Crippen LogP contribution in [-0.2, 0) is 6.54 Å². The molecule has 0 bridgehead atoms. The highest BCUT2D eigenvalue weighted by Gasteiger charge is 2.11. The van der Waals surface area contributed by atoms with Gasteiger partial charge in [0.05, 0.1) is 25.5 Å². The summed E-state index contributed by atoms with van der Waals surface area (Å²) >= 11 is 0. The van der Waals surface area contributed by atoms with Crippen molar-refractivity contribution in [1.29, 1.82) is 5.26 Å². The maximum Gasteiger partial charge on any atom is 0.153 e. The third kappa shape index (κ3) is 1.58. The molecular formula is C9H10N4O2. The number of hydrogen-bond acceptors (Lipinski definition) is 4. The zero-order valence-electron chi connectivity index (χ0n) is 7.91. The third-order valence-corrected chi connectivity index (χ3v) is 2.17. The Morgan fingerprint density at radius 2 is 2.33 bits per heavy atom. The summed E-state index contributed by atoms with van der Waals surface area (Å²) in [6.07, 6.45) is 4.04. The monoisotopic (exact) mass is 206 g/mol. The van der Waals surface area contributed by atoms with Gasteiger partial charge >= 0.3 is 0 Å². The molecule has 2 N–H and O–H groups in total. The molecule has 2 aromatic rings. The number of aliphatic hydroxyl groups excluding tert-OH is 2. The fraction of sp³-hybridized carbons (Fsp3) is 0.333. The molecule has 0 saturated carbocycles. The molecule has 6 nitrogen and oxygen atoms in total.